The van der Waals surface area contributed by atoms with E-state index in [-0.39, 0.29) is 16.8 Å². The lowest BCUT2D eigenvalue weighted by atomic mass is 10.1. The Kier molecular flexibility index (Phi) is 4.84. The zero-order valence-corrected chi connectivity index (χ0v) is 15.2. The second kappa shape index (κ2) is 6.90. The maximum Gasteiger partial charge on any atom is 0.283 e. The lowest BCUT2D eigenvalue weighted by Crippen LogP contribution is -2.34. The third-order valence-corrected chi connectivity index (χ3v) is 4.69. The molecule has 1 aliphatic heterocycles. The van der Waals surface area contributed by atoms with Crippen LogP contribution in [0.3, 0.4) is 0 Å². The second-order valence-corrected chi connectivity index (χ2v) is 6.66. The van der Waals surface area contributed by atoms with E-state index in [0.717, 1.165) is 16.0 Å². The molecular weight excluding hydrogens is 359 g/mol. The van der Waals surface area contributed by atoms with Gasteiger partial charge >= 0.3 is 0 Å². The van der Waals surface area contributed by atoms with Gasteiger partial charge in [-0.25, -0.2) is 4.90 Å². The Morgan fingerprint density at radius 1 is 1.00 bits per heavy atom. The Labute approximate surface area is 156 Å². The summed E-state index contributed by atoms with van der Waals surface area (Å²) in [5, 5.41) is 3.38. The fourth-order valence-corrected chi connectivity index (χ4v) is 3.10. The van der Waals surface area contributed by atoms with E-state index in [1.165, 1.54) is 0 Å². The summed E-state index contributed by atoms with van der Waals surface area (Å²) in [5.74, 6) is -1.04. The van der Waals surface area contributed by atoms with Crippen molar-refractivity contribution in [1.82, 2.24) is 5.32 Å². The SMILES string of the molecule is Cc1ccc(Cl)cc1N1C(=O)C(Cl)=C(NC(C)c2ccccc2)C1=O. The van der Waals surface area contributed by atoms with Gasteiger partial charge in [0.05, 0.1) is 5.69 Å². The van der Waals surface area contributed by atoms with E-state index >= 15 is 0 Å². The van der Waals surface area contributed by atoms with Crippen LogP contribution in [-0.4, -0.2) is 11.8 Å². The quantitative estimate of drug-likeness (QED) is 0.810. The molecule has 2 aromatic rings. The average molecular weight is 375 g/mol. The van der Waals surface area contributed by atoms with Gasteiger partial charge in [-0.2, -0.15) is 0 Å². The molecule has 128 valence electrons. The highest BCUT2D eigenvalue weighted by Crippen LogP contribution is 2.33. The van der Waals surface area contributed by atoms with Gasteiger partial charge in [0.2, 0.25) is 0 Å². The van der Waals surface area contributed by atoms with Crippen LogP contribution in [0.15, 0.2) is 59.3 Å². The van der Waals surface area contributed by atoms with Crippen molar-refractivity contribution in [3.8, 4) is 0 Å². The molecule has 0 saturated heterocycles. The van der Waals surface area contributed by atoms with Crippen molar-refractivity contribution < 1.29 is 9.59 Å². The van der Waals surface area contributed by atoms with Crippen LogP contribution in [0.25, 0.3) is 0 Å². The van der Waals surface area contributed by atoms with Crippen molar-refractivity contribution in [2.75, 3.05) is 4.90 Å². The number of imide groups is 1. The number of halogens is 2. The maximum atomic E-state index is 12.8. The highest BCUT2D eigenvalue weighted by molar-refractivity contribution is 6.52. The molecule has 1 heterocycles. The van der Waals surface area contributed by atoms with Gasteiger partial charge in [0, 0.05) is 11.1 Å². The number of hydrogen-bond donors (Lipinski definition) is 1. The normalized spacial score (nSPS) is 15.8. The largest absolute Gasteiger partial charge is 0.373 e. The van der Waals surface area contributed by atoms with Gasteiger partial charge in [-0.3, -0.25) is 9.59 Å². The van der Waals surface area contributed by atoms with E-state index in [1.54, 1.807) is 25.1 Å². The van der Waals surface area contributed by atoms with E-state index in [1.807, 2.05) is 37.3 Å². The van der Waals surface area contributed by atoms with E-state index in [9.17, 15) is 9.59 Å². The first-order chi connectivity index (χ1) is 11.9. The summed E-state index contributed by atoms with van der Waals surface area (Å²) in [6, 6.07) is 14.5. The van der Waals surface area contributed by atoms with Crippen LogP contribution in [0.4, 0.5) is 5.69 Å². The molecule has 3 rings (SSSR count). The summed E-state index contributed by atoms with van der Waals surface area (Å²) in [4.78, 5) is 26.4. The predicted octanol–water partition coefficient (Wildman–Crippen LogP) is 4.32. The number of amides is 2. The number of anilines is 1. The highest BCUT2D eigenvalue weighted by atomic mass is 35.5. The highest BCUT2D eigenvalue weighted by Gasteiger charge is 2.40. The lowest BCUT2D eigenvalue weighted by Gasteiger charge is -2.19. The molecule has 25 heavy (non-hydrogen) atoms. The van der Waals surface area contributed by atoms with Crippen LogP contribution in [-0.2, 0) is 9.59 Å². The van der Waals surface area contributed by atoms with Gasteiger partial charge in [0.1, 0.15) is 10.7 Å². The van der Waals surface area contributed by atoms with Gasteiger partial charge < -0.3 is 5.32 Å². The zero-order valence-electron chi connectivity index (χ0n) is 13.7. The van der Waals surface area contributed by atoms with Crippen LogP contribution in [0.1, 0.15) is 24.1 Å². The molecule has 0 bridgehead atoms. The first-order valence-electron chi connectivity index (χ1n) is 7.76. The Morgan fingerprint density at radius 2 is 1.68 bits per heavy atom. The maximum absolute atomic E-state index is 12.8. The molecule has 0 saturated carbocycles. The molecule has 2 amide bonds. The van der Waals surface area contributed by atoms with Crippen molar-refractivity contribution in [2.45, 2.75) is 19.9 Å². The Bertz CT molecular complexity index is 878. The van der Waals surface area contributed by atoms with E-state index in [2.05, 4.69) is 5.32 Å². The minimum absolute atomic E-state index is 0.0994. The smallest absolute Gasteiger partial charge is 0.283 e. The van der Waals surface area contributed by atoms with Gasteiger partial charge in [0.15, 0.2) is 0 Å². The zero-order chi connectivity index (χ0) is 18.1. The molecule has 4 nitrogen and oxygen atoms in total. The second-order valence-electron chi connectivity index (χ2n) is 5.84. The molecule has 2 aromatic carbocycles. The van der Waals surface area contributed by atoms with Crippen molar-refractivity contribution in [3.63, 3.8) is 0 Å². The molecule has 0 fully saturated rings. The van der Waals surface area contributed by atoms with Gasteiger partial charge in [0.25, 0.3) is 11.8 Å². The van der Waals surface area contributed by atoms with Gasteiger partial charge in [-0.1, -0.05) is 59.6 Å². The van der Waals surface area contributed by atoms with E-state index in [4.69, 9.17) is 23.2 Å². The third-order valence-electron chi connectivity index (χ3n) is 4.10. The summed E-state index contributed by atoms with van der Waals surface area (Å²) >= 11 is 12.2. The number of nitrogens with zero attached hydrogens (tertiary/aromatic N) is 1. The summed E-state index contributed by atoms with van der Waals surface area (Å²) in [6.07, 6.45) is 0. The summed E-state index contributed by atoms with van der Waals surface area (Å²) < 4.78 is 0. The Hall–Kier alpha value is -2.30. The number of carbonyl (C=O) groups excluding carboxylic acids is 2. The summed E-state index contributed by atoms with van der Waals surface area (Å²) in [7, 11) is 0. The third kappa shape index (κ3) is 3.28. The Balaban J connectivity index is 1.91. The summed E-state index contributed by atoms with van der Waals surface area (Å²) in [5.41, 5.74) is 2.28. The minimum atomic E-state index is -0.556. The molecule has 1 N–H and O–H groups in total. The lowest BCUT2D eigenvalue weighted by molar-refractivity contribution is -0.120. The number of rotatable bonds is 4. The molecule has 6 heteroatoms. The first-order valence-corrected chi connectivity index (χ1v) is 8.52. The fourth-order valence-electron chi connectivity index (χ4n) is 2.71. The first kappa shape index (κ1) is 17.5. The molecule has 0 aromatic heterocycles. The van der Waals surface area contributed by atoms with Crippen LogP contribution in [0, 0.1) is 6.92 Å². The number of nitrogens with one attached hydrogen (secondary N) is 1. The number of aryl methyl sites for hydroxylation is 1. The van der Waals surface area contributed by atoms with Gasteiger partial charge in [-0.05, 0) is 37.1 Å². The summed E-state index contributed by atoms with van der Waals surface area (Å²) in [6.45, 7) is 3.70. The monoisotopic (exact) mass is 374 g/mol. The molecule has 0 radical (unpaired) electrons. The van der Waals surface area contributed by atoms with E-state index < -0.39 is 11.8 Å². The minimum Gasteiger partial charge on any atom is -0.373 e. The Morgan fingerprint density at radius 3 is 2.36 bits per heavy atom. The molecule has 0 aliphatic carbocycles. The molecule has 1 unspecified atom stereocenters. The van der Waals surface area contributed by atoms with Crippen LogP contribution in [0.2, 0.25) is 5.02 Å². The van der Waals surface area contributed by atoms with Crippen molar-refractivity contribution in [3.05, 3.63) is 75.4 Å². The molecule has 1 atom stereocenters. The average Bonchev–Trinajstić information content (AvgIpc) is 2.81. The van der Waals surface area contributed by atoms with Gasteiger partial charge in [-0.15, -0.1) is 0 Å². The molecule has 1 aliphatic rings. The van der Waals surface area contributed by atoms with Crippen LogP contribution < -0.4 is 10.2 Å². The topological polar surface area (TPSA) is 49.4 Å². The van der Waals surface area contributed by atoms with Crippen LogP contribution in [0.5, 0.6) is 0 Å². The molecule has 0 spiro atoms. The van der Waals surface area contributed by atoms with Crippen LogP contribution >= 0.6 is 23.2 Å². The van der Waals surface area contributed by atoms with E-state index in [0.29, 0.717) is 10.7 Å². The fraction of sp³-hybridized carbons (Fsp3) is 0.158. The molecular formula is C19H16Cl2N2O2. The van der Waals surface area contributed by atoms with Crippen molar-refractivity contribution in [1.29, 1.82) is 0 Å². The van der Waals surface area contributed by atoms with Crippen molar-refractivity contribution in [2.24, 2.45) is 0 Å². The van der Waals surface area contributed by atoms with Crippen molar-refractivity contribution >= 4 is 40.7 Å². The number of hydrogen-bond acceptors (Lipinski definition) is 3. The number of carbonyl (C=O) groups is 2. The predicted molar refractivity (Wildman–Crippen MR) is 99.6 cm³/mol. The standard InChI is InChI=1S/C19H16Cl2N2O2/c1-11-8-9-14(20)10-15(11)23-18(24)16(21)17(19(23)25)22-12(2)13-6-4-3-5-7-13/h3-10,12,22H,1-2H3. The number of benzene rings is 2.